The van der Waals surface area contributed by atoms with Crippen molar-refractivity contribution in [1.29, 1.82) is 0 Å². The highest BCUT2D eigenvalue weighted by Gasteiger charge is 2.32. The number of carbonyl (C=O) groups excluding carboxylic acids is 8. The first-order chi connectivity index (χ1) is 27.4. The lowest BCUT2D eigenvalue weighted by Gasteiger charge is -2.25. The molecule has 9 amide bonds. The van der Waals surface area contributed by atoms with E-state index in [-0.39, 0.29) is 55.7 Å². The van der Waals surface area contributed by atoms with Crippen LogP contribution in [0.4, 0.5) is 15.3 Å². The molecule has 0 unspecified atom stereocenters. The number of nitrogens with two attached hydrogens (primary N) is 1. The number of hydrogen-bond acceptors (Lipinski definition) is 12. The number of carboxylic acids is 1. The first kappa shape index (κ1) is 48.3. The molecule has 21 heteroatoms. The van der Waals surface area contributed by atoms with E-state index in [0.717, 1.165) is 22.7 Å². The maximum atomic E-state index is 13.5. The molecule has 1 aromatic carbocycles. The fourth-order valence-electron chi connectivity index (χ4n) is 5.43. The second-order valence-electron chi connectivity index (χ2n) is 13.5. The van der Waals surface area contributed by atoms with Gasteiger partial charge in [0.15, 0.2) is 0 Å². The number of aliphatic carboxylic acids is 1. The highest BCUT2D eigenvalue weighted by atomic mass is 32.2. The average Bonchev–Trinajstić information content (AvgIpc) is 3.42. The summed E-state index contributed by atoms with van der Waals surface area (Å²) in [7, 11) is 1.41. The van der Waals surface area contributed by atoms with Gasteiger partial charge in [0, 0.05) is 63.1 Å². The zero-order chi connectivity index (χ0) is 43.4. The molecule has 1 aliphatic rings. The van der Waals surface area contributed by atoms with Crippen LogP contribution in [0.3, 0.4) is 0 Å². The van der Waals surface area contributed by atoms with Gasteiger partial charge >= 0.3 is 18.1 Å². The summed E-state index contributed by atoms with van der Waals surface area (Å²) in [6.07, 6.45) is 3.25. The lowest BCUT2D eigenvalue weighted by Crippen LogP contribution is -2.54. The van der Waals surface area contributed by atoms with Gasteiger partial charge < -0.3 is 52.2 Å². The van der Waals surface area contributed by atoms with Gasteiger partial charge in [0.25, 0.3) is 11.8 Å². The number of benzene rings is 1. The molecular formula is C37H54N8O12S. The van der Waals surface area contributed by atoms with E-state index >= 15 is 0 Å². The van der Waals surface area contributed by atoms with Crippen molar-refractivity contribution in [3.05, 3.63) is 34.7 Å². The number of primary amides is 1. The van der Waals surface area contributed by atoms with Crippen molar-refractivity contribution >= 4 is 71.0 Å². The van der Waals surface area contributed by atoms with E-state index in [1.54, 1.807) is 32.0 Å². The van der Waals surface area contributed by atoms with Crippen molar-refractivity contribution < 1.29 is 57.7 Å². The van der Waals surface area contributed by atoms with E-state index in [1.165, 1.54) is 20.9 Å². The summed E-state index contributed by atoms with van der Waals surface area (Å²) >= 11 is 0.886. The standard InChI is InChI=1S/C37H54N8O12S/c1-21(2)31(42-23(4)47)33(50)44-26(11-10-14-40-36(38)54)32(49)43-25-13-12-24(19-57-37(55)39-5)28(17-25)56-16-9-7-6-8-15-45-30(48)18-29(34(45)51)58-20-27(35(52)53)41-22(3)46/h12-13,17-18,21,26-27,31H,6-11,14-16,19-20H2,1-5H3,(H,39,55)(H,41,46)(H,42,47)(H,43,49)(H,44,50)(H,52,53)(H3,38,40,54)/t26-,27-,31-/m0/s1. The molecule has 1 heterocycles. The van der Waals surface area contributed by atoms with Gasteiger partial charge in [-0.2, -0.15) is 0 Å². The second kappa shape index (κ2) is 24.7. The second-order valence-corrected chi connectivity index (χ2v) is 14.6. The summed E-state index contributed by atoms with van der Waals surface area (Å²) in [6.45, 7) is 6.34. The van der Waals surface area contributed by atoms with Crippen LogP contribution >= 0.6 is 11.8 Å². The number of carboxylic acid groups (broad SMARTS) is 1. The number of nitrogens with one attached hydrogen (secondary N) is 6. The molecule has 3 atom stereocenters. The van der Waals surface area contributed by atoms with E-state index in [4.69, 9.17) is 15.2 Å². The number of ether oxygens (including phenoxy) is 2. The van der Waals surface area contributed by atoms with Gasteiger partial charge in [0.1, 0.15) is 30.5 Å². The number of hydrogen-bond donors (Lipinski definition) is 8. The summed E-state index contributed by atoms with van der Waals surface area (Å²) in [5.41, 5.74) is 5.95. The first-order valence-corrected chi connectivity index (χ1v) is 19.6. The molecule has 0 aromatic heterocycles. The fraction of sp³-hybridized carbons (Fsp3) is 0.541. The molecule has 0 saturated heterocycles. The van der Waals surface area contributed by atoms with Crippen LogP contribution in [-0.2, 0) is 44.9 Å². The van der Waals surface area contributed by atoms with E-state index in [9.17, 15) is 48.3 Å². The maximum absolute atomic E-state index is 13.5. The summed E-state index contributed by atoms with van der Waals surface area (Å²) in [5.74, 6) is -4.48. The normalized spacial score (nSPS) is 13.8. The number of nitrogens with zero attached hydrogens (tertiary/aromatic N) is 1. The highest BCUT2D eigenvalue weighted by molar-refractivity contribution is 8.04. The fourth-order valence-corrected chi connectivity index (χ4v) is 6.42. The van der Waals surface area contributed by atoms with Crippen LogP contribution in [0.1, 0.15) is 71.8 Å². The smallest absolute Gasteiger partial charge is 0.407 e. The van der Waals surface area contributed by atoms with Crippen molar-refractivity contribution in [3.8, 4) is 5.75 Å². The van der Waals surface area contributed by atoms with Crippen molar-refractivity contribution in [2.24, 2.45) is 11.7 Å². The van der Waals surface area contributed by atoms with Crippen molar-refractivity contribution in [1.82, 2.24) is 31.5 Å². The van der Waals surface area contributed by atoms with Crippen molar-refractivity contribution in [3.63, 3.8) is 0 Å². The molecule has 58 heavy (non-hydrogen) atoms. The Morgan fingerprint density at radius 1 is 0.897 bits per heavy atom. The molecule has 2 rings (SSSR count). The monoisotopic (exact) mass is 834 g/mol. The SMILES string of the molecule is CNC(=O)OCc1ccc(NC(=O)[C@H](CCCNC(N)=O)NC(=O)[C@@H](NC(C)=O)C(C)C)cc1OCCCCCCN1C(=O)C=C(SC[C@H](NC(C)=O)C(=O)O)C1=O. The molecule has 0 bridgehead atoms. The number of rotatable bonds is 25. The van der Waals surface area contributed by atoms with E-state index < -0.39 is 71.7 Å². The van der Waals surface area contributed by atoms with Gasteiger partial charge in [0.05, 0.1) is 11.5 Å². The molecular weight excluding hydrogens is 781 g/mol. The molecule has 320 valence electrons. The Labute approximate surface area is 340 Å². The van der Waals surface area contributed by atoms with Gasteiger partial charge in [0.2, 0.25) is 23.6 Å². The van der Waals surface area contributed by atoms with Crippen LogP contribution in [0.2, 0.25) is 0 Å². The quantitative estimate of drug-likeness (QED) is 0.0506. The maximum Gasteiger partial charge on any atom is 0.407 e. The van der Waals surface area contributed by atoms with Gasteiger partial charge in [-0.1, -0.05) is 26.7 Å². The summed E-state index contributed by atoms with van der Waals surface area (Å²) in [5, 5.41) is 24.4. The van der Waals surface area contributed by atoms with Gasteiger partial charge in [-0.25, -0.2) is 14.4 Å². The largest absolute Gasteiger partial charge is 0.493 e. The molecule has 0 saturated carbocycles. The van der Waals surface area contributed by atoms with Crippen LogP contribution in [0, 0.1) is 5.92 Å². The predicted octanol–water partition coefficient (Wildman–Crippen LogP) is 1.09. The molecule has 1 aliphatic heterocycles. The number of imide groups is 1. The van der Waals surface area contributed by atoms with Crippen molar-refractivity contribution in [2.75, 3.05) is 37.8 Å². The van der Waals surface area contributed by atoms with Crippen LogP contribution in [0.15, 0.2) is 29.2 Å². The third-order valence-corrected chi connectivity index (χ3v) is 9.50. The molecule has 0 radical (unpaired) electrons. The third-order valence-electron chi connectivity index (χ3n) is 8.40. The number of amides is 9. The van der Waals surface area contributed by atoms with E-state index in [2.05, 4.69) is 31.9 Å². The Bertz CT molecular complexity index is 1710. The lowest BCUT2D eigenvalue weighted by molar-refractivity contribution is -0.141. The van der Waals surface area contributed by atoms with E-state index in [1.807, 2.05) is 0 Å². The number of thioether (sulfide) groups is 1. The Hall–Kier alpha value is -5.86. The number of carbonyl (C=O) groups is 9. The van der Waals surface area contributed by atoms with Gasteiger partial charge in [-0.05, 0) is 43.7 Å². The topological polar surface area (TPSA) is 294 Å². The molecule has 9 N–H and O–H groups in total. The van der Waals surface area contributed by atoms with Crippen LogP contribution in [0.5, 0.6) is 5.75 Å². The number of anilines is 1. The minimum Gasteiger partial charge on any atom is -0.493 e. The Kier molecular flexibility index (Phi) is 20.6. The van der Waals surface area contributed by atoms with Crippen molar-refractivity contribution in [2.45, 2.75) is 91.0 Å². The Morgan fingerprint density at radius 2 is 1.59 bits per heavy atom. The summed E-state index contributed by atoms with van der Waals surface area (Å²) in [4.78, 5) is 111. The molecule has 0 aliphatic carbocycles. The minimum absolute atomic E-state index is 0.101. The summed E-state index contributed by atoms with van der Waals surface area (Å²) < 4.78 is 11.2. The molecule has 0 spiro atoms. The first-order valence-electron chi connectivity index (χ1n) is 18.7. The third kappa shape index (κ3) is 17.1. The van der Waals surface area contributed by atoms with Gasteiger partial charge in [-0.15, -0.1) is 11.8 Å². The number of unbranched alkanes of at least 4 members (excludes halogenated alkanes) is 3. The minimum atomic E-state index is -1.26. The Morgan fingerprint density at radius 3 is 2.21 bits per heavy atom. The number of urea groups is 1. The van der Waals surface area contributed by atoms with Gasteiger partial charge in [-0.3, -0.25) is 33.7 Å². The predicted molar refractivity (Wildman–Crippen MR) is 212 cm³/mol. The van der Waals surface area contributed by atoms with Crippen LogP contribution in [-0.4, -0.2) is 114 Å². The molecule has 1 aromatic rings. The molecule has 0 fully saturated rings. The van der Waals surface area contributed by atoms with Crippen LogP contribution in [0.25, 0.3) is 0 Å². The lowest BCUT2D eigenvalue weighted by atomic mass is 10.0. The van der Waals surface area contributed by atoms with E-state index in [0.29, 0.717) is 42.7 Å². The average molecular weight is 835 g/mol. The zero-order valence-corrected chi connectivity index (χ0v) is 34.1. The molecule has 20 nitrogen and oxygen atoms in total. The Balaban J connectivity index is 2.03. The van der Waals surface area contributed by atoms with Crippen LogP contribution < -0.4 is 42.4 Å². The highest BCUT2D eigenvalue weighted by Crippen LogP contribution is 2.27. The zero-order valence-electron chi connectivity index (χ0n) is 33.3. The summed E-state index contributed by atoms with van der Waals surface area (Å²) in [6, 6.07) is 0.799. The number of alkyl carbamates (subject to hydrolysis) is 1.